The topological polar surface area (TPSA) is 44.8 Å². The van der Waals surface area contributed by atoms with Gasteiger partial charge in [-0.1, -0.05) is 175 Å². The van der Waals surface area contributed by atoms with Gasteiger partial charge in [0.25, 0.3) is 0 Å². The van der Waals surface area contributed by atoms with Gasteiger partial charge in [-0.2, -0.15) is 0 Å². The van der Waals surface area contributed by atoms with E-state index in [2.05, 4.69) is 20.8 Å². The second kappa shape index (κ2) is 31.3. The minimum absolute atomic E-state index is 0.588. The van der Waals surface area contributed by atoms with Crippen molar-refractivity contribution in [3.8, 4) is 17.2 Å². The molecule has 0 radical (unpaired) electrons. The number of hydrogen-bond acceptors (Lipinski definition) is 4. The van der Waals surface area contributed by atoms with E-state index in [-0.39, 0.29) is 0 Å². The first-order valence-corrected chi connectivity index (χ1v) is 19.3. The highest BCUT2D eigenvalue weighted by molar-refractivity contribution is 5.78. The van der Waals surface area contributed by atoms with Crippen LogP contribution >= 0.6 is 0 Å². The number of benzene rings is 1. The minimum Gasteiger partial charge on any atom is -0.490 e. The van der Waals surface area contributed by atoms with E-state index in [9.17, 15) is 4.79 Å². The molecule has 44 heavy (non-hydrogen) atoms. The van der Waals surface area contributed by atoms with Gasteiger partial charge < -0.3 is 14.2 Å². The third-order valence-electron chi connectivity index (χ3n) is 8.68. The lowest BCUT2D eigenvalue weighted by atomic mass is 10.1. The van der Waals surface area contributed by atoms with Gasteiger partial charge in [0.1, 0.15) is 6.29 Å². The summed E-state index contributed by atoms with van der Waals surface area (Å²) < 4.78 is 18.9. The van der Waals surface area contributed by atoms with E-state index < -0.39 is 0 Å². The first kappa shape index (κ1) is 40.3. The van der Waals surface area contributed by atoms with Crippen LogP contribution in [0.15, 0.2) is 12.1 Å². The molecule has 1 aromatic carbocycles. The molecule has 256 valence electrons. The predicted molar refractivity (Wildman–Crippen MR) is 190 cm³/mol. The summed E-state index contributed by atoms with van der Waals surface area (Å²) in [4.78, 5) is 11.8. The van der Waals surface area contributed by atoms with Crippen molar-refractivity contribution >= 4 is 6.29 Å². The maximum Gasteiger partial charge on any atom is 0.203 e. The lowest BCUT2D eigenvalue weighted by molar-refractivity contribution is 0.112. The molecule has 0 aromatic heterocycles. The van der Waals surface area contributed by atoms with E-state index in [0.717, 1.165) is 25.5 Å². The fourth-order valence-electron chi connectivity index (χ4n) is 5.80. The highest BCUT2D eigenvalue weighted by atomic mass is 16.5. The summed E-state index contributed by atoms with van der Waals surface area (Å²) >= 11 is 0. The molecule has 0 amide bonds. The average molecular weight is 617 g/mol. The van der Waals surface area contributed by atoms with Crippen molar-refractivity contribution in [1.82, 2.24) is 0 Å². The van der Waals surface area contributed by atoms with Crippen molar-refractivity contribution in [3.05, 3.63) is 17.7 Å². The largest absolute Gasteiger partial charge is 0.490 e. The Hall–Kier alpha value is -1.71. The third kappa shape index (κ3) is 22.7. The first-order valence-electron chi connectivity index (χ1n) is 19.3. The zero-order valence-electron chi connectivity index (χ0n) is 29.6. The molecule has 4 heteroatoms. The molecule has 0 aliphatic heterocycles. The van der Waals surface area contributed by atoms with Gasteiger partial charge in [-0.25, -0.2) is 0 Å². The van der Waals surface area contributed by atoms with Crippen molar-refractivity contribution in [2.75, 3.05) is 19.8 Å². The Morgan fingerprint density at radius 3 is 0.977 bits per heavy atom. The molecule has 0 atom stereocenters. The van der Waals surface area contributed by atoms with Gasteiger partial charge in [-0.05, 0) is 31.4 Å². The molecule has 0 spiro atoms. The molecule has 0 heterocycles. The van der Waals surface area contributed by atoms with Gasteiger partial charge in [0.15, 0.2) is 11.5 Å². The van der Waals surface area contributed by atoms with E-state index in [1.165, 1.54) is 154 Å². The smallest absolute Gasteiger partial charge is 0.203 e. The van der Waals surface area contributed by atoms with Gasteiger partial charge in [0.2, 0.25) is 5.75 Å². The molecule has 0 aliphatic rings. The van der Waals surface area contributed by atoms with Crippen LogP contribution in [0.1, 0.15) is 204 Å². The molecule has 0 unspecified atom stereocenters. The standard InChI is InChI=1S/C40H72O4/c1-4-7-10-13-16-19-22-25-28-31-42-38-34-37(36-41)35-39(43-32-29-26-23-20-17-14-11-8-5-2)40(38)44-33-30-27-24-21-18-15-12-9-6-3/h34-36H,4-33H2,1-3H3. The van der Waals surface area contributed by atoms with E-state index >= 15 is 0 Å². The molecule has 0 N–H and O–H groups in total. The molecule has 1 rings (SSSR count). The van der Waals surface area contributed by atoms with Crippen LogP contribution in [0.2, 0.25) is 0 Å². The molecule has 1 aromatic rings. The summed E-state index contributed by atoms with van der Waals surface area (Å²) in [7, 11) is 0. The van der Waals surface area contributed by atoms with Crippen LogP contribution in [0.3, 0.4) is 0 Å². The SMILES string of the molecule is CCCCCCCCCCCOc1cc(C=O)cc(OCCCCCCCCCCC)c1OCCCCCCCCCCC. The van der Waals surface area contributed by atoms with Gasteiger partial charge in [-0.3, -0.25) is 4.79 Å². The maximum absolute atomic E-state index is 11.8. The van der Waals surface area contributed by atoms with Gasteiger partial charge >= 0.3 is 0 Å². The molecule has 0 bridgehead atoms. The van der Waals surface area contributed by atoms with Crippen LogP contribution in [0.4, 0.5) is 0 Å². The average Bonchev–Trinajstić information content (AvgIpc) is 3.04. The molecule has 0 saturated heterocycles. The van der Waals surface area contributed by atoms with Crippen molar-refractivity contribution in [2.24, 2.45) is 0 Å². The number of aldehydes is 1. The van der Waals surface area contributed by atoms with Gasteiger partial charge in [0, 0.05) is 5.56 Å². The molecule has 0 fully saturated rings. The zero-order chi connectivity index (χ0) is 31.8. The van der Waals surface area contributed by atoms with Crippen molar-refractivity contribution < 1.29 is 19.0 Å². The summed E-state index contributed by atoms with van der Waals surface area (Å²) in [5.74, 6) is 2.00. The number of unbranched alkanes of at least 4 members (excludes halogenated alkanes) is 24. The van der Waals surface area contributed by atoms with Crippen LogP contribution in [0.25, 0.3) is 0 Å². The van der Waals surface area contributed by atoms with Crippen LogP contribution in [-0.4, -0.2) is 26.1 Å². The Bertz CT molecular complexity index is 717. The second-order valence-electron chi connectivity index (χ2n) is 13.0. The Morgan fingerprint density at radius 1 is 0.409 bits per heavy atom. The minimum atomic E-state index is 0.588. The highest BCUT2D eigenvalue weighted by Gasteiger charge is 2.16. The molecular weight excluding hydrogens is 544 g/mol. The van der Waals surface area contributed by atoms with Crippen molar-refractivity contribution in [3.63, 3.8) is 0 Å². The number of carbonyl (C=O) groups excluding carboxylic acids is 1. The number of hydrogen-bond donors (Lipinski definition) is 0. The Labute approximate surface area is 273 Å². The molecule has 0 saturated carbocycles. The lowest BCUT2D eigenvalue weighted by Gasteiger charge is -2.18. The Balaban J connectivity index is 2.57. The fraction of sp³-hybridized carbons (Fsp3) is 0.825. The monoisotopic (exact) mass is 617 g/mol. The van der Waals surface area contributed by atoms with E-state index in [1.54, 1.807) is 0 Å². The van der Waals surface area contributed by atoms with Crippen molar-refractivity contribution in [1.29, 1.82) is 0 Å². The second-order valence-corrected chi connectivity index (χ2v) is 13.0. The van der Waals surface area contributed by atoms with E-state index in [0.29, 0.717) is 42.6 Å². The van der Waals surface area contributed by atoms with E-state index in [4.69, 9.17) is 14.2 Å². The Kier molecular flexibility index (Phi) is 28.7. The summed E-state index contributed by atoms with van der Waals surface area (Å²) in [6.07, 6.45) is 35.5. The Morgan fingerprint density at radius 2 is 0.682 bits per heavy atom. The summed E-state index contributed by atoms with van der Waals surface area (Å²) in [6, 6.07) is 3.66. The van der Waals surface area contributed by atoms with Gasteiger partial charge in [-0.15, -0.1) is 0 Å². The maximum atomic E-state index is 11.8. The lowest BCUT2D eigenvalue weighted by Crippen LogP contribution is -2.07. The normalized spacial score (nSPS) is 11.2. The molecule has 0 aliphatic carbocycles. The highest BCUT2D eigenvalue weighted by Crippen LogP contribution is 2.39. The summed E-state index contributed by atoms with van der Waals surface area (Å²) in [5, 5.41) is 0. The van der Waals surface area contributed by atoms with Crippen molar-refractivity contribution in [2.45, 2.75) is 194 Å². The van der Waals surface area contributed by atoms with Crippen LogP contribution in [0, 0.1) is 0 Å². The number of carbonyl (C=O) groups is 1. The first-order chi connectivity index (χ1) is 21.8. The van der Waals surface area contributed by atoms with Crippen LogP contribution in [0.5, 0.6) is 17.2 Å². The zero-order valence-corrected chi connectivity index (χ0v) is 29.6. The quantitative estimate of drug-likeness (QED) is 0.0571. The number of ether oxygens (including phenoxy) is 3. The fourth-order valence-corrected chi connectivity index (χ4v) is 5.80. The van der Waals surface area contributed by atoms with Crippen LogP contribution in [-0.2, 0) is 0 Å². The summed E-state index contributed by atoms with van der Waals surface area (Å²) in [6.45, 7) is 8.75. The van der Waals surface area contributed by atoms with Crippen LogP contribution < -0.4 is 14.2 Å². The molecule has 4 nitrogen and oxygen atoms in total. The predicted octanol–water partition coefficient (Wildman–Crippen LogP) is 13.2. The number of rotatable bonds is 34. The van der Waals surface area contributed by atoms with E-state index in [1.807, 2.05) is 12.1 Å². The van der Waals surface area contributed by atoms with Gasteiger partial charge in [0.05, 0.1) is 19.8 Å². The third-order valence-corrected chi connectivity index (χ3v) is 8.68. The summed E-state index contributed by atoms with van der Waals surface area (Å²) in [5.41, 5.74) is 0.588. The molecular formula is C40H72O4.